The summed E-state index contributed by atoms with van der Waals surface area (Å²) in [5, 5.41) is 0. The maximum atomic E-state index is 12.3. The van der Waals surface area contributed by atoms with Crippen LogP contribution >= 0.6 is 15.9 Å². The highest BCUT2D eigenvalue weighted by molar-refractivity contribution is 9.10. The van der Waals surface area contributed by atoms with Crippen LogP contribution in [0.15, 0.2) is 22.7 Å². The van der Waals surface area contributed by atoms with Gasteiger partial charge in [0, 0.05) is 16.6 Å². The fourth-order valence-corrected chi connectivity index (χ4v) is 2.83. The fraction of sp³-hybridized carbons (Fsp3) is 0.600. The first-order valence-corrected chi connectivity index (χ1v) is 7.75. The van der Waals surface area contributed by atoms with Gasteiger partial charge in [0.15, 0.2) is 0 Å². The van der Waals surface area contributed by atoms with Gasteiger partial charge in [-0.2, -0.15) is 0 Å². The summed E-state index contributed by atoms with van der Waals surface area (Å²) in [6, 6.07) is 5.54. The minimum Gasteiger partial charge on any atom is -0.487 e. The summed E-state index contributed by atoms with van der Waals surface area (Å²) in [4.78, 5) is 2.36. The molecular formula is C15H20BrF2NO. The molecule has 0 aliphatic carbocycles. The second-order valence-electron chi connectivity index (χ2n) is 5.41. The van der Waals surface area contributed by atoms with Gasteiger partial charge in [0.2, 0.25) is 0 Å². The monoisotopic (exact) mass is 347 g/mol. The zero-order valence-corrected chi connectivity index (χ0v) is 13.2. The van der Waals surface area contributed by atoms with Crippen molar-refractivity contribution < 1.29 is 13.5 Å². The third kappa shape index (κ3) is 4.70. The maximum absolute atomic E-state index is 12.3. The molecule has 0 amide bonds. The van der Waals surface area contributed by atoms with Crippen molar-refractivity contribution in [3.63, 3.8) is 0 Å². The van der Waals surface area contributed by atoms with Gasteiger partial charge in [0.1, 0.15) is 12.4 Å². The number of nitrogens with zero attached hydrogens (tertiary/aromatic N) is 1. The van der Waals surface area contributed by atoms with Gasteiger partial charge in [-0.25, -0.2) is 8.78 Å². The van der Waals surface area contributed by atoms with Gasteiger partial charge in [-0.3, -0.25) is 4.90 Å². The van der Waals surface area contributed by atoms with Crippen LogP contribution in [-0.4, -0.2) is 31.0 Å². The molecule has 5 heteroatoms. The quantitative estimate of drug-likeness (QED) is 0.786. The number of ether oxygens (including phenoxy) is 1. The van der Waals surface area contributed by atoms with Crippen molar-refractivity contribution in [2.24, 2.45) is 5.92 Å². The summed E-state index contributed by atoms with van der Waals surface area (Å²) >= 11 is 3.43. The average Bonchev–Trinajstić information content (AvgIpc) is 2.40. The highest BCUT2D eigenvalue weighted by atomic mass is 79.9. The Morgan fingerprint density at radius 1 is 1.35 bits per heavy atom. The molecule has 2 rings (SSSR count). The van der Waals surface area contributed by atoms with Crippen LogP contribution in [0.4, 0.5) is 8.78 Å². The summed E-state index contributed by atoms with van der Waals surface area (Å²) in [6.07, 6.45) is -0.0510. The SMILES string of the molecule is CC1CCN(Cc2cc(Br)ccc2OCC(F)F)CC1. The fourth-order valence-electron chi connectivity index (χ4n) is 2.43. The molecule has 20 heavy (non-hydrogen) atoms. The minimum atomic E-state index is -2.44. The van der Waals surface area contributed by atoms with Crippen LogP contribution in [0.5, 0.6) is 5.75 Å². The van der Waals surface area contributed by atoms with Crippen LogP contribution in [0, 0.1) is 5.92 Å². The molecular weight excluding hydrogens is 328 g/mol. The molecule has 2 nitrogen and oxygen atoms in total. The maximum Gasteiger partial charge on any atom is 0.272 e. The molecule has 0 saturated carbocycles. The van der Waals surface area contributed by atoms with E-state index >= 15 is 0 Å². The predicted molar refractivity (Wildman–Crippen MR) is 79.3 cm³/mol. The van der Waals surface area contributed by atoms with E-state index in [0.717, 1.165) is 35.6 Å². The van der Waals surface area contributed by atoms with Crippen LogP contribution in [-0.2, 0) is 6.54 Å². The molecule has 1 aromatic carbocycles. The molecule has 0 N–H and O–H groups in total. The summed E-state index contributed by atoms with van der Waals surface area (Å²) in [5.41, 5.74) is 0.967. The van der Waals surface area contributed by atoms with E-state index in [9.17, 15) is 8.78 Å². The molecule has 1 aromatic rings. The lowest BCUT2D eigenvalue weighted by Crippen LogP contribution is -2.32. The van der Waals surface area contributed by atoms with Crippen molar-refractivity contribution in [2.45, 2.75) is 32.7 Å². The molecule has 0 atom stereocenters. The van der Waals surface area contributed by atoms with E-state index < -0.39 is 13.0 Å². The smallest absolute Gasteiger partial charge is 0.272 e. The van der Waals surface area contributed by atoms with E-state index in [1.165, 1.54) is 12.8 Å². The minimum absolute atomic E-state index is 0.550. The van der Waals surface area contributed by atoms with Crippen molar-refractivity contribution in [3.05, 3.63) is 28.2 Å². The predicted octanol–water partition coefficient (Wildman–Crippen LogP) is 4.32. The van der Waals surface area contributed by atoms with Crippen LogP contribution < -0.4 is 4.74 Å². The molecule has 1 saturated heterocycles. The molecule has 1 heterocycles. The molecule has 112 valence electrons. The lowest BCUT2D eigenvalue weighted by atomic mass is 9.99. The highest BCUT2D eigenvalue weighted by Gasteiger charge is 2.17. The number of halogens is 3. The second kappa shape index (κ2) is 7.36. The molecule has 0 radical (unpaired) electrons. The molecule has 1 fully saturated rings. The Kier molecular flexibility index (Phi) is 5.78. The number of benzene rings is 1. The van der Waals surface area contributed by atoms with Crippen molar-refractivity contribution in [1.29, 1.82) is 0 Å². The van der Waals surface area contributed by atoms with Crippen LogP contribution in [0.1, 0.15) is 25.3 Å². The van der Waals surface area contributed by atoms with E-state index in [1.807, 2.05) is 12.1 Å². The molecule has 1 aliphatic heterocycles. The molecule has 1 aliphatic rings. The van der Waals surface area contributed by atoms with E-state index in [2.05, 4.69) is 27.8 Å². The Hall–Kier alpha value is -0.680. The van der Waals surface area contributed by atoms with E-state index in [-0.39, 0.29) is 0 Å². The summed E-state index contributed by atoms with van der Waals surface area (Å²) in [5.74, 6) is 1.34. The molecule has 0 unspecified atom stereocenters. The molecule has 0 aromatic heterocycles. The van der Waals surface area contributed by atoms with Gasteiger partial charge < -0.3 is 4.74 Å². The standard InChI is InChI=1S/C15H20BrF2NO/c1-11-4-6-19(7-5-11)9-12-8-13(16)2-3-14(12)20-10-15(17)18/h2-3,8,11,15H,4-7,9-10H2,1H3. The van der Waals surface area contributed by atoms with E-state index in [4.69, 9.17) is 4.74 Å². The normalized spacial score (nSPS) is 17.6. The van der Waals surface area contributed by atoms with Gasteiger partial charge in [0.05, 0.1) is 0 Å². The largest absolute Gasteiger partial charge is 0.487 e. The van der Waals surface area contributed by atoms with Gasteiger partial charge >= 0.3 is 0 Å². The lowest BCUT2D eigenvalue weighted by molar-refractivity contribution is 0.0806. The Morgan fingerprint density at radius 3 is 2.70 bits per heavy atom. The first kappa shape index (κ1) is 15.7. The zero-order valence-electron chi connectivity index (χ0n) is 11.6. The van der Waals surface area contributed by atoms with E-state index in [0.29, 0.717) is 5.75 Å². The lowest BCUT2D eigenvalue weighted by Gasteiger charge is -2.30. The highest BCUT2D eigenvalue weighted by Crippen LogP contribution is 2.27. The van der Waals surface area contributed by atoms with Gasteiger partial charge in [0.25, 0.3) is 6.43 Å². The molecule has 0 bridgehead atoms. The first-order valence-electron chi connectivity index (χ1n) is 6.96. The number of hydrogen-bond donors (Lipinski definition) is 0. The Balaban J connectivity index is 2.02. The summed E-state index contributed by atoms with van der Waals surface area (Å²) in [6.45, 7) is 4.59. The third-order valence-electron chi connectivity index (χ3n) is 3.66. The van der Waals surface area contributed by atoms with Crippen LogP contribution in [0.3, 0.4) is 0 Å². The van der Waals surface area contributed by atoms with Gasteiger partial charge in [-0.1, -0.05) is 22.9 Å². The Morgan fingerprint density at radius 2 is 2.05 bits per heavy atom. The number of likely N-dealkylation sites (tertiary alicyclic amines) is 1. The summed E-state index contributed by atoms with van der Waals surface area (Å²) in [7, 11) is 0. The average molecular weight is 348 g/mol. The van der Waals surface area contributed by atoms with Crippen LogP contribution in [0.25, 0.3) is 0 Å². The van der Waals surface area contributed by atoms with Gasteiger partial charge in [-0.05, 0) is 50.0 Å². The van der Waals surface area contributed by atoms with Crippen LogP contribution in [0.2, 0.25) is 0 Å². The topological polar surface area (TPSA) is 12.5 Å². The Labute approximate surface area is 127 Å². The van der Waals surface area contributed by atoms with Crippen molar-refractivity contribution in [2.75, 3.05) is 19.7 Å². The first-order chi connectivity index (χ1) is 9.54. The number of alkyl halides is 2. The Bertz CT molecular complexity index is 434. The number of hydrogen-bond acceptors (Lipinski definition) is 2. The van der Waals surface area contributed by atoms with Gasteiger partial charge in [-0.15, -0.1) is 0 Å². The number of piperidine rings is 1. The number of rotatable bonds is 5. The van der Waals surface area contributed by atoms with Crippen molar-refractivity contribution in [3.8, 4) is 5.75 Å². The molecule has 0 spiro atoms. The third-order valence-corrected chi connectivity index (χ3v) is 4.15. The zero-order chi connectivity index (χ0) is 14.5. The van der Waals surface area contributed by atoms with E-state index in [1.54, 1.807) is 6.07 Å². The van der Waals surface area contributed by atoms with Crippen molar-refractivity contribution in [1.82, 2.24) is 4.90 Å². The summed E-state index contributed by atoms with van der Waals surface area (Å²) < 4.78 is 30.7. The second-order valence-corrected chi connectivity index (χ2v) is 6.33. The van der Waals surface area contributed by atoms with Crippen molar-refractivity contribution >= 4 is 15.9 Å².